The molecule has 2 aromatic rings. The fourth-order valence-electron chi connectivity index (χ4n) is 2.20. The number of methoxy groups -OCH3 is 1. The van der Waals surface area contributed by atoms with Gasteiger partial charge in [-0.15, -0.1) is 0 Å². The Balaban J connectivity index is 1.75. The Bertz CT molecular complexity index is 493. The lowest BCUT2D eigenvalue weighted by atomic mass is 10.1. The molecule has 0 aliphatic heterocycles. The van der Waals surface area contributed by atoms with Crippen molar-refractivity contribution < 1.29 is 9.15 Å². The quantitative estimate of drug-likeness (QED) is 0.799. The second kappa shape index (κ2) is 7.88. The number of aryl methyl sites for hydroxylation is 1. The average molecular weight is 273 g/mol. The minimum absolute atomic E-state index is 0.464. The molecule has 0 aliphatic carbocycles. The molecule has 0 bridgehead atoms. The summed E-state index contributed by atoms with van der Waals surface area (Å²) in [6.07, 6.45) is 3.78. The summed E-state index contributed by atoms with van der Waals surface area (Å²) >= 11 is 0. The predicted molar refractivity (Wildman–Crippen MR) is 80.5 cm³/mol. The maximum absolute atomic E-state index is 5.35. The Morgan fingerprint density at radius 2 is 2.05 bits per heavy atom. The van der Waals surface area contributed by atoms with Gasteiger partial charge in [0, 0.05) is 26.1 Å². The maximum Gasteiger partial charge on any atom is 0.103 e. The Kier molecular flexibility index (Phi) is 5.84. The maximum atomic E-state index is 5.35. The first-order valence-corrected chi connectivity index (χ1v) is 7.10. The third kappa shape index (κ3) is 4.83. The van der Waals surface area contributed by atoms with Crippen molar-refractivity contribution in [3.8, 4) is 0 Å². The Morgan fingerprint density at radius 1 is 1.20 bits per heavy atom. The van der Waals surface area contributed by atoms with Crippen molar-refractivity contribution >= 4 is 0 Å². The smallest absolute Gasteiger partial charge is 0.103 e. The van der Waals surface area contributed by atoms with Crippen molar-refractivity contribution in [1.82, 2.24) is 5.32 Å². The van der Waals surface area contributed by atoms with Crippen LogP contribution in [0.5, 0.6) is 0 Å². The third-order valence-corrected chi connectivity index (χ3v) is 3.36. The Morgan fingerprint density at radius 3 is 2.80 bits per heavy atom. The highest BCUT2D eigenvalue weighted by Gasteiger charge is 2.04. The highest BCUT2D eigenvalue weighted by atomic mass is 16.5. The van der Waals surface area contributed by atoms with Crippen molar-refractivity contribution in [2.24, 2.45) is 0 Å². The summed E-state index contributed by atoms with van der Waals surface area (Å²) in [5.74, 6) is 1.06. The summed E-state index contributed by atoms with van der Waals surface area (Å²) < 4.78 is 10.5. The van der Waals surface area contributed by atoms with Crippen molar-refractivity contribution in [3.63, 3.8) is 0 Å². The van der Waals surface area contributed by atoms with Crippen LogP contribution in [0.2, 0.25) is 0 Å². The Hall–Kier alpha value is -1.58. The van der Waals surface area contributed by atoms with E-state index in [2.05, 4.69) is 36.5 Å². The van der Waals surface area contributed by atoms with E-state index in [4.69, 9.17) is 9.15 Å². The highest BCUT2D eigenvalue weighted by Crippen LogP contribution is 2.08. The SMILES string of the molecule is COCc1cccc(CNC(C)CCc2ccco2)c1. The van der Waals surface area contributed by atoms with Crippen molar-refractivity contribution in [2.75, 3.05) is 7.11 Å². The van der Waals surface area contributed by atoms with Crippen LogP contribution < -0.4 is 5.32 Å². The van der Waals surface area contributed by atoms with Gasteiger partial charge in [-0.3, -0.25) is 0 Å². The molecule has 20 heavy (non-hydrogen) atoms. The molecule has 108 valence electrons. The van der Waals surface area contributed by atoms with Crippen molar-refractivity contribution in [3.05, 3.63) is 59.5 Å². The lowest BCUT2D eigenvalue weighted by molar-refractivity contribution is 0.185. The average Bonchev–Trinajstić information content (AvgIpc) is 2.97. The first-order chi connectivity index (χ1) is 9.78. The van der Waals surface area contributed by atoms with Gasteiger partial charge in [0.05, 0.1) is 12.9 Å². The summed E-state index contributed by atoms with van der Waals surface area (Å²) in [5.41, 5.74) is 2.51. The lowest BCUT2D eigenvalue weighted by Gasteiger charge is -2.13. The zero-order valence-corrected chi connectivity index (χ0v) is 12.3. The molecule has 0 saturated heterocycles. The van der Waals surface area contributed by atoms with Crippen LogP contribution in [-0.2, 0) is 24.3 Å². The minimum atomic E-state index is 0.464. The molecule has 1 aromatic carbocycles. The third-order valence-electron chi connectivity index (χ3n) is 3.36. The molecule has 0 fully saturated rings. The molecule has 1 aromatic heterocycles. The zero-order valence-electron chi connectivity index (χ0n) is 12.3. The minimum Gasteiger partial charge on any atom is -0.469 e. The standard InChI is InChI=1S/C17H23NO2/c1-14(8-9-17-7-4-10-20-17)18-12-15-5-3-6-16(11-15)13-19-2/h3-7,10-11,14,18H,8-9,12-13H2,1-2H3. The summed E-state index contributed by atoms with van der Waals surface area (Å²) in [5, 5.41) is 3.55. The summed E-state index contributed by atoms with van der Waals surface area (Å²) in [6, 6.07) is 12.9. The van der Waals surface area contributed by atoms with Gasteiger partial charge in [-0.2, -0.15) is 0 Å². The van der Waals surface area contributed by atoms with Gasteiger partial charge >= 0.3 is 0 Å². The van der Waals surface area contributed by atoms with Gasteiger partial charge < -0.3 is 14.5 Å². The van der Waals surface area contributed by atoms with Gasteiger partial charge in [-0.05, 0) is 36.6 Å². The molecule has 1 unspecified atom stereocenters. The molecule has 1 heterocycles. The van der Waals surface area contributed by atoms with Crippen LogP contribution in [0.1, 0.15) is 30.2 Å². The van der Waals surface area contributed by atoms with E-state index in [9.17, 15) is 0 Å². The molecule has 3 nitrogen and oxygen atoms in total. The van der Waals surface area contributed by atoms with Gasteiger partial charge in [0.1, 0.15) is 5.76 Å². The van der Waals surface area contributed by atoms with E-state index in [1.54, 1.807) is 13.4 Å². The zero-order chi connectivity index (χ0) is 14.2. The van der Waals surface area contributed by atoms with Crippen LogP contribution in [0, 0.1) is 0 Å². The molecule has 3 heteroatoms. The first-order valence-electron chi connectivity index (χ1n) is 7.10. The second-order valence-electron chi connectivity index (χ2n) is 5.15. The van der Waals surface area contributed by atoms with E-state index < -0.39 is 0 Å². The fraction of sp³-hybridized carbons (Fsp3) is 0.412. The van der Waals surface area contributed by atoms with Gasteiger partial charge in [0.15, 0.2) is 0 Å². The van der Waals surface area contributed by atoms with Crippen LogP contribution >= 0.6 is 0 Å². The van der Waals surface area contributed by atoms with E-state index in [-0.39, 0.29) is 0 Å². The van der Waals surface area contributed by atoms with Crippen molar-refractivity contribution in [1.29, 1.82) is 0 Å². The summed E-state index contributed by atoms with van der Waals surface area (Å²) in [4.78, 5) is 0. The van der Waals surface area contributed by atoms with Gasteiger partial charge in [-0.1, -0.05) is 24.3 Å². The normalized spacial score (nSPS) is 12.5. The van der Waals surface area contributed by atoms with Crippen molar-refractivity contribution in [2.45, 2.75) is 39.0 Å². The summed E-state index contributed by atoms with van der Waals surface area (Å²) in [6.45, 7) is 3.76. The molecular weight excluding hydrogens is 250 g/mol. The van der Waals surface area contributed by atoms with Gasteiger partial charge in [0.2, 0.25) is 0 Å². The lowest BCUT2D eigenvalue weighted by Crippen LogP contribution is -2.25. The number of furan rings is 1. The molecule has 0 radical (unpaired) electrons. The number of hydrogen-bond acceptors (Lipinski definition) is 3. The molecule has 2 rings (SSSR count). The van der Waals surface area contributed by atoms with Crippen LogP contribution in [0.25, 0.3) is 0 Å². The number of nitrogens with one attached hydrogen (secondary N) is 1. The fourth-order valence-corrected chi connectivity index (χ4v) is 2.20. The predicted octanol–water partition coefficient (Wildman–Crippen LogP) is 3.54. The monoisotopic (exact) mass is 273 g/mol. The van der Waals surface area contributed by atoms with E-state index in [0.29, 0.717) is 12.6 Å². The van der Waals surface area contributed by atoms with Crippen LogP contribution in [-0.4, -0.2) is 13.2 Å². The van der Waals surface area contributed by atoms with E-state index in [0.717, 1.165) is 25.1 Å². The van der Waals surface area contributed by atoms with Crippen LogP contribution in [0.3, 0.4) is 0 Å². The van der Waals surface area contributed by atoms with Crippen LogP contribution in [0.4, 0.5) is 0 Å². The van der Waals surface area contributed by atoms with E-state index in [1.165, 1.54) is 11.1 Å². The number of benzene rings is 1. The largest absolute Gasteiger partial charge is 0.469 e. The highest BCUT2D eigenvalue weighted by molar-refractivity contribution is 5.22. The second-order valence-corrected chi connectivity index (χ2v) is 5.15. The summed E-state index contributed by atoms with van der Waals surface area (Å²) in [7, 11) is 1.72. The molecule has 0 saturated carbocycles. The molecular formula is C17H23NO2. The molecule has 0 spiro atoms. The molecule has 1 atom stereocenters. The first kappa shape index (κ1) is 14.8. The van der Waals surface area contributed by atoms with E-state index >= 15 is 0 Å². The van der Waals surface area contributed by atoms with Crippen LogP contribution in [0.15, 0.2) is 47.1 Å². The number of hydrogen-bond donors (Lipinski definition) is 1. The molecule has 1 N–H and O–H groups in total. The number of rotatable bonds is 8. The molecule has 0 amide bonds. The Labute approximate surface area is 121 Å². The van der Waals surface area contributed by atoms with E-state index in [1.807, 2.05) is 12.1 Å². The number of ether oxygens (including phenoxy) is 1. The van der Waals surface area contributed by atoms with Gasteiger partial charge in [0.25, 0.3) is 0 Å². The molecule has 0 aliphatic rings. The topological polar surface area (TPSA) is 34.4 Å². The van der Waals surface area contributed by atoms with Gasteiger partial charge in [-0.25, -0.2) is 0 Å².